The van der Waals surface area contributed by atoms with Crippen molar-refractivity contribution < 1.29 is 14.2 Å². The van der Waals surface area contributed by atoms with Crippen LogP contribution < -0.4 is 14.8 Å². The van der Waals surface area contributed by atoms with Gasteiger partial charge in [-0.15, -0.1) is 0 Å². The van der Waals surface area contributed by atoms with E-state index in [1.165, 1.54) is 0 Å². The van der Waals surface area contributed by atoms with Crippen molar-refractivity contribution in [2.24, 2.45) is 0 Å². The first-order valence-corrected chi connectivity index (χ1v) is 6.66. The zero-order valence-corrected chi connectivity index (χ0v) is 10.9. The first kappa shape index (κ1) is 11.7. The summed E-state index contributed by atoms with van der Waals surface area (Å²) in [6.07, 6.45) is 3.67. The molecule has 1 aromatic carbocycles. The number of rotatable bonds is 2. The summed E-state index contributed by atoms with van der Waals surface area (Å²) in [4.78, 5) is 4.25. The van der Waals surface area contributed by atoms with E-state index in [0.717, 1.165) is 42.6 Å². The smallest absolute Gasteiger partial charge is 0.231 e. The van der Waals surface area contributed by atoms with Crippen molar-refractivity contribution >= 4 is 0 Å². The summed E-state index contributed by atoms with van der Waals surface area (Å²) in [5, 5.41) is 3.33. The number of nitrogens with zero attached hydrogens (tertiary/aromatic N) is 2. The monoisotopic (exact) mass is 273 g/mol. The van der Waals surface area contributed by atoms with E-state index < -0.39 is 0 Å². The third-order valence-electron chi connectivity index (χ3n) is 3.56. The molecule has 1 fully saturated rings. The van der Waals surface area contributed by atoms with Crippen LogP contribution in [0, 0.1) is 0 Å². The predicted molar refractivity (Wildman–Crippen MR) is 71.2 cm³/mol. The van der Waals surface area contributed by atoms with E-state index in [1.807, 2.05) is 29.0 Å². The summed E-state index contributed by atoms with van der Waals surface area (Å²) < 4.78 is 18.6. The van der Waals surface area contributed by atoms with Crippen molar-refractivity contribution in [3.05, 3.63) is 36.4 Å². The summed E-state index contributed by atoms with van der Waals surface area (Å²) in [7, 11) is 0. The number of benzene rings is 1. The van der Waals surface area contributed by atoms with Gasteiger partial charge in [-0.3, -0.25) is 0 Å². The Morgan fingerprint density at radius 1 is 1.25 bits per heavy atom. The normalized spacial score (nSPS) is 21.1. The van der Waals surface area contributed by atoms with Crippen LogP contribution in [0.15, 0.2) is 30.7 Å². The highest BCUT2D eigenvalue weighted by molar-refractivity contribution is 5.50. The van der Waals surface area contributed by atoms with Gasteiger partial charge in [-0.25, -0.2) is 4.98 Å². The lowest BCUT2D eigenvalue weighted by atomic mass is 10.2. The average Bonchev–Trinajstić information content (AvgIpc) is 3.16. The number of ether oxygens (including phenoxy) is 3. The van der Waals surface area contributed by atoms with Crippen molar-refractivity contribution in [1.82, 2.24) is 14.9 Å². The maximum atomic E-state index is 5.80. The predicted octanol–water partition coefficient (Wildman–Crippen LogP) is 1.26. The van der Waals surface area contributed by atoms with Crippen molar-refractivity contribution in [3.63, 3.8) is 0 Å². The van der Waals surface area contributed by atoms with Crippen molar-refractivity contribution in [1.29, 1.82) is 0 Å². The fourth-order valence-electron chi connectivity index (χ4n) is 2.55. The van der Waals surface area contributed by atoms with Gasteiger partial charge in [0.1, 0.15) is 6.10 Å². The summed E-state index contributed by atoms with van der Waals surface area (Å²) in [5.41, 5.74) is 2.03. The lowest BCUT2D eigenvalue weighted by Gasteiger charge is -2.24. The molecule has 0 bridgehead atoms. The molecular formula is C14H15N3O3. The standard InChI is InChI=1S/C14H15N3O3/c1-2-12-13(20-9-19-12)5-10(1)17-8-16-6-11(17)14-7-15-3-4-18-14/h1-2,5-6,8,14-15H,3-4,7,9H2. The molecule has 20 heavy (non-hydrogen) atoms. The van der Waals surface area contributed by atoms with Crippen LogP contribution in [0.25, 0.3) is 5.69 Å². The van der Waals surface area contributed by atoms with Crippen LogP contribution in [0.3, 0.4) is 0 Å². The zero-order valence-electron chi connectivity index (χ0n) is 10.9. The van der Waals surface area contributed by atoms with Crippen LogP contribution in [-0.4, -0.2) is 36.0 Å². The SMILES string of the molecule is c1cc2c(cc1-n1cncc1C1CNCCO1)OCO2. The van der Waals surface area contributed by atoms with E-state index in [4.69, 9.17) is 14.2 Å². The summed E-state index contributed by atoms with van der Waals surface area (Å²) in [5.74, 6) is 1.55. The lowest BCUT2D eigenvalue weighted by Crippen LogP contribution is -2.34. The summed E-state index contributed by atoms with van der Waals surface area (Å²) in [6.45, 7) is 2.70. The molecule has 1 atom stereocenters. The van der Waals surface area contributed by atoms with Crippen LogP contribution in [0.2, 0.25) is 0 Å². The van der Waals surface area contributed by atoms with Crippen molar-refractivity contribution in [3.8, 4) is 17.2 Å². The van der Waals surface area contributed by atoms with Crippen LogP contribution in [0.1, 0.15) is 11.8 Å². The van der Waals surface area contributed by atoms with Gasteiger partial charge in [0, 0.05) is 19.2 Å². The average molecular weight is 273 g/mol. The van der Waals surface area contributed by atoms with Gasteiger partial charge in [0.2, 0.25) is 6.79 Å². The van der Waals surface area contributed by atoms with Crippen LogP contribution in [0.4, 0.5) is 0 Å². The molecule has 0 spiro atoms. The number of aromatic nitrogens is 2. The number of hydrogen-bond donors (Lipinski definition) is 1. The lowest BCUT2D eigenvalue weighted by molar-refractivity contribution is 0.0240. The number of hydrogen-bond acceptors (Lipinski definition) is 5. The molecule has 2 aliphatic rings. The van der Waals surface area contributed by atoms with Gasteiger partial charge in [0.15, 0.2) is 11.5 Å². The molecule has 6 nitrogen and oxygen atoms in total. The van der Waals surface area contributed by atoms with E-state index in [1.54, 1.807) is 6.33 Å². The van der Waals surface area contributed by atoms with Crippen LogP contribution in [-0.2, 0) is 4.74 Å². The number of fused-ring (bicyclic) bond motifs is 1. The molecule has 1 unspecified atom stereocenters. The summed E-state index contributed by atoms with van der Waals surface area (Å²) in [6, 6.07) is 5.88. The number of nitrogens with one attached hydrogen (secondary N) is 1. The van der Waals surface area contributed by atoms with Gasteiger partial charge in [-0.2, -0.15) is 0 Å². The minimum absolute atomic E-state index is 0.0247. The van der Waals surface area contributed by atoms with Crippen LogP contribution in [0.5, 0.6) is 11.5 Å². The molecule has 104 valence electrons. The van der Waals surface area contributed by atoms with Gasteiger partial charge in [0.25, 0.3) is 0 Å². The highest BCUT2D eigenvalue weighted by atomic mass is 16.7. The first-order chi connectivity index (χ1) is 9.92. The first-order valence-electron chi connectivity index (χ1n) is 6.66. The van der Waals surface area contributed by atoms with Gasteiger partial charge in [-0.05, 0) is 12.1 Å². The second-order valence-electron chi connectivity index (χ2n) is 4.79. The molecule has 2 aliphatic heterocycles. The highest BCUT2D eigenvalue weighted by Crippen LogP contribution is 2.34. The highest BCUT2D eigenvalue weighted by Gasteiger charge is 2.21. The molecule has 6 heteroatoms. The third kappa shape index (κ3) is 1.93. The molecule has 4 rings (SSSR count). The van der Waals surface area contributed by atoms with Crippen molar-refractivity contribution in [2.45, 2.75) is 6.10 Å². The molecule has 3 heterocycles. The molecular weight excluding hydrogens is 258 g/mol. The van der Waals surface area contributed by atoms with Crippen molar-refractivity contribution in [2.75, 3.05) is 26.5 Å². The third-order valence-corrected chi connectivity index (χ3v) is 3.56. The maximum absolute atomic E-state index is 5.80. The molecule has 1 N–H and O–H groups in total. The second kappa shape index (κ2) is 4.81. The molecule has 0 amide bonds. The minimum atomic E-state index is 0.0247. The number of imidazole rings is 1. The van der Waals surface area contributed by atoms with Crippen LogP contribution >= 0.6 is 0 Å². The molecule has 0 radical (unpaired) electrons. The topological polar surface area (TPSA) is 57.5 Å². The molecule has 0 aliphatic carbocycles. The largest absolute Gasteiger partial charge is 0.454 e. The Morgan fingerprint density at radius 3 is 3.10 bits per heavy atom. The van der Waals surface area contributed by atoms with E-state index in [2.05, 4.69) is 10.3 Å². The fourth-order valence-corrected chi connectivity index (χ4v) is 2.55. The van der Waals surface area contributed by atoms with E-state index in [-0.39, 0.29) is 12.9 Å². The molecule has 0 saturated carbocycles. The Hall–Kier alpha value is -2.05. The quantitative estimate of drug-likeness (QED) is 0.892. The van der Waals surface area contributed by atoms with E-state index in [0.29, 0.717) is 0 Å². The zero-order chi connectivity index (χ0) is 13.4. The Balaban J connectivity index is 1.70. The summed E-state index contributed by atoms with van der Waals surface area (Å²) >= 11 is 0. The van der Waals surface area contributed by atoms with Gasteiger partial charge < -0.3 is 24.1 Å². The van der Waals surface area contributed by atoms with E-state index in [9.17, 15) is 0 Å². The maximum Gasteiger partial charge on any atom is 0.231 e. The second-order valence-corrected chi connectivity index (χ2v) is 4.79. The Morgan fingerprint density at radius 2 is 2.20 bits per heavy atom. The Kier molecular flexibility index (Phi) is 2.82. The molecule has 1 saturated heterocycles. The number of morpholine rings is 1. The molecule has 1 aromatic heterocycles. The minimum Gasteiger partial charge on any atom is -0.454 e. The van der Waals surface area contributed by atoms with Gasteiger partial charge >= 0.3 is 0 Å². The molecule has 2 aromatic rings. The van der Waals surface area contributed by atoms with E-state index >= 15 is 0 Å². The van der Waals surface area contributed by atoms with Gasteiger partial charge in [0.05, 0.1) is 30.5 Å². The van der Waals surface area contributed by atoms with Gasteiger partial charge in [-0.1, -0.05) is 0 Å². The Bertz CT molecular complexity index is 620. The fraction of sp³-hybridized carbons (Fsp3) is 0.357. The Labute approximate surface area is 116 Å².